The number of hydrogen-bond donors (Lipinski definition) is 0. The summed E-state index contributed by atoms with van der Waals surface area (Å²) in [5, 5.41) is 4.70. The molecule has 4 aromatic rings. The van der Waals surface area contributed by atoms with Crippen molar-refractivity contribution in [2.24, 2.45) is 0 Å². The molecule has 0 fully saturated rings. The Morgan fingerprint density at radius 2 is 1.89 bits per heavy atom. The van der Waals surface area contributed by atoms with E-state index in [1.807, 2.05) is 0 Å². The minimum atomic E-state index is -0.713. The molecule has 1 atom stereocenters. The van der Waals surface area contributed by atoms with Crippen LogP contribution in [0.2, 0.25) is 5.02 Å². The molecule has 0 saturated carbocycles. The average Bonchev–Trinajstić information content (AvgIpc) is 3.24. The highest BCUT2D eigenvalue weighted by molar-refractivity contribution is 6.31. The first-order valence-electron chi connectivity index (χ1n) is 8.47. The van der Waals surface area contributed by atoms with Gasteiger partial charge >= 0.3 is 0 Å². The van der Waals surface area contributed by atoms with Gasteiger partial charge in [0.15, 0.2) is 11.2 Å². The summed E-state index contributed by atoms with van der Waals surface area (Å²) >= 11 is 6.06. The van der Waals surface area contributed by atoms with Crippen LogP contribution in [0.4, 0.5) is 5.82 Å². The van der Waals surface area contributed by atoms with Crippen molar-refractivity contribution in [2.75, 3.05) is 4.90 Å². The van der Waals surface area contributed by atoms with E-state index in [-0.39, 0.29) is 16.8 Å². The number of carbonyl (C=O) groups excluding carboxylic acids is 1. The smallest absolute Gasteiger partial charge is 0.296 e. The van der Waals surface area contributed by atoms with E-state index in [0.717, 1.165) is 0 Å². The number of halogens is 1. The summed E-state index contributed by atoms with van der Waals surface area (Å²) in [5.41, 5.74) is 0.938. The first kappa shape index (κ1) is 16.7. The summed E-state index contributed by atoms with van der Waals surface area (Å²) in [7, 11) is 0. The van der Waals surface area contributed by atoms with Crippen molar-refractivity contribution >= 4 is 34.3 Å². The maximum absolute atomic E-state index is 13.3. The summed E-state index contributed by atoms with van der Waals surface area (Å²) in [6.07, 6.45) is 3.20. The number of rotatable bonds is 2. The van der Waals surface area contributed by atoms with Crippen molar-refractivity contribution in [1.82, 2.24) is 10.1 Å². The number of pyridine rings is 1. The number of aromatic nitrogens is 2. The Morgan fingerprint density at radius 3 is 2.61 bits per heavy atom. The van der Waals surface area contributed by atoms with E-state index in [1.54, 1.807) is 55.7 Å². The van der Waals surface area contributed by atoms with Gasteiger partial charge in [0.1, 0.15) is 11.3 Å². The lowest BCUT2D eigenvalue weighted by Gasteiger charge is -2.22. The zero-order chi connectivity index (χ0) is 19.4. The third kappa shape index (κ3) is 2.36. The summed E-state index contributed by atoms with van der Waals surface area (Å²) in [6, 6.07) is 9.14. The van der Waals surface area contributed by atoms with Crippen LogP contribution >= 0.6 is 11.6 Å². The second-order valence-corrected chi connectivity index (χ2v) is 6.90. The molecule has 138 valence electrons. The van der Waals surface area contributed by atoms with Gasteiger partial charge in [-0.3, -0.25) is 19.5 Å². The standard InChI is InChI=1S/C20H12ClN3O4/c1-10-8-15(23-28-10)24-17(11-4-6-22-7-5-11)16-18(25)13-9-12(21)2-3-14(13)27-19(16)20(24)26/h2-9,17H,1H3. The van der Waals surface area contributed by atoms with Gasteiger partial charge in [-0.1, -0.05) is 16.8 Å². The lowest BCUT2D eigenvalue weighted by molar-refractivity contribution is 0.0969. The zero-order valence-electron chi connectivity index (χ0n) is 14.5. The number of nitrogens with zero attached hydrogens (tertiary/aromatic N) is 3. The second-order valence-electron chi connectivity index (χ2n) is 6.47. The molecule has 0 bridgehead atoms. The maximum atomic E-state index is 13.3. The number of anilines is 1. The van der Waals surface area contributed by atoms with E-state index in [2.05, 4.69) is 10.1 Å². The fraction of sp³-hybridized carbons (Fsp3) is 0.100. The van der Waals surface area contributed by atoms with Crippen LogP contribution in [0.5, 0.6) is 0 Å². The van der Waals surface area contributed by atoms with Crippen LogP contribution in [0.25, 0.3) is 11.0 Å². The molecule has 1 unspecified atom stereocenters. The van der Waals surface area contributed by atoms with Crippen LogP contribution < -0.4 is 10.3 Å². The third-order valence-corrected chi connectivity index (χ3v) is 4.95. The quantitative estimate of drug-likeness (QED) is 0.513. The Kier molecular flexibility index (Phi) is 3.60. The van der Waals surface area contributed by atoms with Gasteiger partial charge in [0.2, 0.25) is 5.76 Å². The average molecular weight is 394 g/mol. The number of benzene rings is 1. The summed E-state index contributed by atoms with van der Waals surface area (Å²) < 4.78 is 11.0. The van der Waals surface area contributed by atoms with Crippen molar-refractivity contribution in [2.45, 2.75) is 13.0 Å². The van der Waals surface area contributed by atoms with Crippen molar-refractivity contribution in [1.29, 1.82) is 0 Å². The molecular weight excluding hydrogens is 382 g/mol. The lowest BCUT2D eigenvalue weighted by Crippen LogP contribution is -2.29. The first-order valence-corrected chi connectivity index (χ1v) is 8.85. The van der Waals surface area contributed by atoms with E-state index in [4.69, 9.17) is 20.5 Å². The third-order valence-electron chi connectivity index (χ3n) is 4.72. The van der Waals surface area contributed by atoms with Crippen molar-refractivity contribution in [3.63, 3.8) is 0 Å². The molecule has 8 heteroatoms. The zero-order valence-corrected chi connectivity index (χ0v) is 15.3. The largest absolute Gasteiger partial charge is 0.450 e. The van der Waals surface area contributed by atoms with Crippen molar-refractivity contribution < 1.29 is 13.7 Å². The van der Waals surface area contributed by atoms with Crippen LogP contribution in [-0.4, -0.2) is 16.0 Å². The van der Waals surface area contributed by atoms with Crippen LogP contribution in [-0.2, 0) is 0 Å². The minimum absolute atomic E-state index is 0.0118. The van der Waals surface area contributed by atoms with Crippen LogP contribution in [0.3, 0.4) is 0 Å². The van der Waals surface area contributed by atoms with Crippen molar-refractivity contribution in [3.05, 3.63) is 86.7 Å². The molecular formula is C20H12ClN3O4. The SMILES string of the molecule is Cc1cc(N2C(=O)c3oc4ccc(Cl)cc4c(=O)c3C2c2ccncc2)no1. The Balaban J connectivity index is 1.84. The number of aryl methyl sites for hydroxylation is 1. The predicted octanol–water partition coefficient (Wildman–Crippen LogP) is 3.89. The van der Waals surface area contributed by atoms with E-state index >= 15 is 0 Å². The summed E-state index contributed by atoms with van der Waals surface area (Å²) in [6.45, 7) is 1.73. The molecule has 4 heterocycles. The van der Waals surface area contributed by atoms with Gasteiger partial charge in [0.25, 0.3) is 5.91 Å². The van der Waals surface area contributed by atoms with Gasteiger partial charge in [0, 0.05) is 23.5 Å². The fourth-order valence-electron chi connectivity index (χ4n) is 3.51. The summed E-state index contributed by atoms with van der Waals surface area (Å²) in [5.74, 6) is 0.377. The van der Waals surface area contributed by atoms with Gasteiger partial charge < -0.3 is 8.94 Å². The predicted molar refractivity (Wildman–Crippen MR) is 102 cm³/mol. The Labute approximate surface area is 163 Å². The lowest BCUT2D eigenvalue weighted by atomic mass is 9.99. The highest BCUT2D eigenvalue weighted by Gasteiger charge is 2.44. The number of hydrogen-bond acceptors (Lipinski definition) is 6. The fourth-order valence-corrected chi connectivity index (χ4v) is 3.68. The molecule has 1 aliphatic rings. The topological polar surface area (TPSA) is 89.4 Å². The van der Waals surface area contributed by atoms with Crippen molar-refractivity contribution in [3.8, 4) is 0 Å². The van der Waals surface area contributed by atoms with E-state index in [1.165, 1.54) is 4.90 Å². The van der Waals surface area contributed by atoms with Gasteiger partial charge in [-0.15, -0.1) is 0 Å². The Hall–Kier alpha value is -3.45. The van der Waals surface area contributed by atoms with Crippen LogP contribution in [0.15, 0.2) is 62.5 Å². The molecule has 5 rings (SSSR count). The molecule has 3 aromatic heterocycles. The van der Waals surface area contributed by atoms with E-state index < -0.39 is 11.9 Å². The van der Waals surface area contributed by atoms with Crippen LogP contribution in [0.1, 0.15) is 33.5 Å². The maximum Gasteiger partial charge on any atom is 0.296 e. The molecule has 0 spiro atoms. The minimum Gasteiger partial charge on any atom is -0.450 e. The normalized spacial score (nSPS) is 16.0. The molecule has 0 N–H and O–H groups in total. The molecule has 0 radical (unpaired) electrons. The number of fused-ring (bicyclic) bond motifs is 2. The van der Waals surface area contributed by atoms with Crippen LogP contribution in [0, 0.1) is 6.92 Å². The van der Waals surface area contributed by atoms with Gasteiger partial charge in [-0.05, 0) is 42.8 Å². The highest BCUT2D eigenvalue weighted by Crippen LogP contribution is 2.40. The monoisotopic (exact) mass is 393 g/mol. The molecule has 28 heavy (non-hydrogen) atoms. The molecule has 1 aromatic carbocycles. The highest BCUT2D eigenvalue weighted by atomic mass is 35.5. The second kappa shape index (κ2) is 6.03. The van der Waals surface area contributed by atoms with Gasteiger partial charge in [-0.25, -0.2) is 0 Å². The summed E-state index contributed by atoms with van der Waals surface area (Å²) in [4.78, 5) is 32.0. The number of carbonyl (C=O) groups is 1. The Morgan fingerprint density at radius 1 is 1.11 bits per heavy atom. The first-order chi connectivity index (χ1) is 13.5. The van der Waals surface area contributed by atoms with Gasteiger partial charge in [-0.2, -0.15) is 0 Å². The molecule has 1 aliphatic heterocycles. The van der Waals surface area contributed by atoms with Gasteiger partial charge in [0.05, 0.1) is 17.0 Å². The molecule has 1 amide bonds. The van der Waals surface area contributed by atoms with E-state index in [0.29, 0.717) is 33.1 Å². The number of amides is 1. The molecule has 7 nitrogen and oxygen atoms in total. The Bertz CT molecular complexity index is 1300. The molecule has 0 aliphatic carbocycles. The molecule has 0 saturated heterocycles. The van der Waals surface area contributed by atoms with E-state index in [9.17, 15) is 9.59 Å².